The molecule has 0 bridgehead atoms. The molecule has 0 radical (unpaired) electrons. The number of carbonyl (C=O) groups excluding carboxylic acids is 1. The number of rotatable bonds is 8. The molecule has 0 rings (SSSR count). The van der Waals surface area contributed by atoms with E-state index in [-0.39, 0.29) is 0 Å². The number of carbonyl (C=O) groups is 2. The fraction of sp³-hybridized carbons (Fsp3) is 0.800. The first kappa shape index (κ1) is 15.8. The highest BCUT2D eigenvalue weighted by Gasteiger charge is 2.26. The Balaban J connectivity index is 4.16. The molecule has 0 aliphatic rings. The Morgan fingerprint density at radius 1 is 1.35 bits per heavy atom. The number of unbranched alkanes of at least 4 members (excludes halogenated alkanes) is 1. The van der Waals surface area contributed by atoms with Crippen LogP contribution in [0.2, 0.25) is 0 Å². The molecule has 0 fully saturated rings. The number of hydrogen-bond donors (Lipinski definition) is 5. The topological polar surface area (TPSA) is 139 Å². The summed E-state index contributed by atoms with van der Waals surface area (Å²) in [6.45, 7) is 1.82. The molecular weight excluding hydrogens is 226 g/mol. The van der Waals surface area contributed by atoms with Crippen molar-refractivity contribution >= 4 is 11.9 Å². The summed E-state index contributed by atoms with van der Waals surface area (Å²) in [6.07, 6.45) is 0.736. The number of carboxylic acids is 1. The second-order valence-electron chi connectivity index (χ2n) is 3.96. The summed E-state index contributed by atoms with van der Waals surface area (Å²) in [7, 11) is 0. The van der Waals surface area contributed by atoms with Gasteiger partial charge in [-0.25, -0.2) is 4.79 Å². The Bertz CT molecular complexity index is 258. The summed E-state index contributed by atoms with van der Waals surface area (Å²) in [5, 5.41) is 20.1. The molecule has 0 aromatic heterocycles. The number of carboxylic acid groups (broad SMARTS) is 1. The van der Waals surface area contributed by atoms with Gasteiger partial charge in [0.25, 0.3) is 0 Å². The number of nitrogens with two attached hydrogens (primary N) is 2. The van der Waals surface area contributed by atoms with Crippen LogP contribution in [-0.4, -0.2) is 46.8 Å². The Morgan fingerprint density at radius 3 is 2.35 bits per heavy atom. The summed E-state index contributed by atoms with van der Waals surface area (Å²) in [6, 6.07) is -2.11. The maximum absolute atomic E-state index is 11.5. The van der Waals surface area contributed by atoms with Gasteiger partial charge in [0, 0.05) is 0 Å². The van der Waals surface area contributed by atoms with E-state index in [0.29, 0.717) is 19.4 Å². The maximum Gasteiger partial charge on any atom is 0.328 e. The Labute approximate surface area is 100 Å². The average molecular weight is 247 g/mol. The summed E-state index contributed by atoms with van der Waals surface area (Å²) < 4.78 is 0. The van der Waals surface area contributed by atoms with E-state index in [4.69, 9.17) is 16.6 Å². The molecule has 7 heteroatoms. The number of aliphatic hydroxyl groups excluding tert-OH is 1. The van der Waals surface area contributed by atoms with Crippen LogP contribution in [0.25, 0.3) is 0 Å². The van der Waals surface area contributed by atoms with Crippen molar-refractivity contribution in [1.29, 1.82) is 0 Å². The third kappa shape index (κ3) is 6.20. The molecule has 7 nitrogen and oxygen atoms in total. The largest absolute Gasteiger partial charge is 0.480 e. The zero-order valence-electron chi connectivity index (χ0n) is 9.93. The van der Waals surface area contributed by atoms with Crippen molar-refractivity contribution in [1.82, 2.24) is 5.32 Å². The molecule has 0 saturated heterocycles. The minimum atomic E-state index is -1.33. The zero-order chi connectivity index (χ0) is 13.4. The molecule has 0 aromatic rings. The Kier molecular flexibility index (Phi) is 7.44. The molecular formula is C10H21N3O4. The van der Waals surface area contributed by atoms with E-state index in [0.717, 1.165) is 6.42 Å². The molecule has 3 atom stereocenters. The SMILES string of the molecule is CC(O)C(NC(=O)C(N)CCCCN)C(=O)O. The van der Waals surface area contributed by atoms with Gasteiger partial charge in [0.15, 0.2) is 6.04 Å². The van der Waals surface area contributed by atoms with Gasteiger partial charge in [0.2, 0.25) is 5.91 Å². The molecule has 3 unspecified atom stereocenters. The highest BCUT2D eigenvalue weighted by atomic mass is 16.4. The Hall–Kier alpha value is -1.18. The highest BCUT2D eigenvalue weighted by Crippen LogP contribution is 2.00. The van der Waals surface area contributed by atoms with Crippen LogP contribution < -0.4 is 16.8 Å². The molecule has 7 N–H and O–H groups in total. The number of nitrogens with one attached hydrogen (secondary N) is 1. The van der Waals surface area contributed by atoms with E-state index in [1.165, 1.54) is 6.92 Å². The van der Waals surface area contributed by atoms with Gasteiger partial charge in [0.1, 0.15) is 0 Å². The van der Waals surface area contributed by atoms with Gasteiger partial charge in [-0.3, -0.25) is 4.79 Å². The third-order valence-corrected chi connectivity index (χ3v) is 2.35. The van der Waals surface area contributed by atoms with Crippen LogP contribution in [0.3, 0.4) is 0 Å². The molecule has 17 heavy (non-hydrogen) atoms. The standard InChI is InChI=1S/C10H21N3O4/c1-6(14)8(10(16)17)13-9(15)7(12)4-2-3-5-11/h6-8,14H,2-5,11-12H2,1H3,(H,13,15)(H,16,17). The maximum atomic E-state index is 11.5. The van der Waals surface area contributed by atoms with Crippen LogP contribution in [0.4, 0.5) is 0 Å². The highest BCUT2D eigenvalue weighted by molar-refractivity contribution is 5.87. The van der Waals surface area contributed by atoms with Crippen LogP contribution in [0.1, 0.15) is 26.2 Å². The van der Waals surface area contributed by atoms with Gasteiger partial charge in [-0.1, -0.05) is 6.42 Å². The van der Waals surface area contributed by atoms with Crippen molar-refractivity contribution in [2.75, 3.05) is 6.54 Å². The fourth-order valence-electron chi connectivity index (χ4n) is 1.29. The van der Waals surface area contributed by atoms with Crippen molar-refractivity contribution in [3.05, 3.63) is 0 Å². The van der Waals surface area contributed by atoms with Crippen LogP contribution in [0.15, 0.2) is 0 Å². The summed E-state index contributed by atoms with van der Waals surface area (Å²) in [5.41, 5.74) is 10.9. The lowest BCUT2D eigenvalue weighted by Crippen LogP contribution is -2.52. The lowest BCUT2D eigenvalue weighted by Gasteiger charge is -2.19. The van der Waals surface area contributed by atoms with E-state index < -0.39 is 30.1 Å². The predicted octanol–water partition coefficient (Wildman–Crippen LogP) is -1.61. The van der Waals surface area contributed by atoms with E-state index in [1.807, 2.05) is 0 Å². The average Bonchev–Trinajstić information content (AvgIpc) is 2.24. The van der Waals surface area contributed by atoms with Crippen LogP contribution in [-0.2, 0) is 9.59 Å². The molecule has 0 aromatic carbocycles. The van der Waals surface area contributed by atoms with Gasteiger partial charge >= 0.3 is 5.97 Å². The third-order valence-electron chi connectivity index (χ3n) is 2.35. The fourth-order valence-corrected chi connectivity index (χ4v) is 1.29. The quantitative estimate of drug-likeness (QED) is 0.327. The minimum Gasteiger partial charge on any atom is -0.480 e. The molecule has 0 aliphatic carbocycles. The van der Waals surface area contributed by atoms with Gasteiger partial charge in [-0.15, -0.1) is 0 Å². The smallest absolute Gasteiger partial charge is 0.328 e. The number of amides is 1. The summed E-state index contributed by atoms with van der Waals surface area (Å²) >= 11 is 0. The molecule has 0 saturated carbocycles. The van der Waals surface area contributed by atoms with Crippen molar-refractivity contribution in [2.45, 2.75) is 44.4 Å². The van der Waals surface area contributed by atoms with Crippen LogP contribution in [0.5, 0.6) is 0 Å². The van der Waals surface area contributed by atoms with Gasteiger partial charge in [0.05, 0.1) is 12.1 Å². The molecule has 1 amide bonds. The molecule has 0 aliphatic heterocycles. The lowest BCUT2D eigenvalue weighted by atomic mass is 10.1. The van der Waals surface area contributed by atoms with Crippen LogP contribution >= 0.6 is 0 Å². The molecule has 0 spiro atoms. The van der Waals surface area contributed by atoms with Crippen molar-refractivity contribution in [3.8, 4) is 0 Å². The van der Waals surface area contributed by atoms with Crippen molar-refractivity contribution in [2.24, 2.45) is 11.5 Å². The van der Waals surface area contributed by atoms with Crippen LogP contribution in [0, 0.1) is 0 Å². The first-order valence-corrected chi connectivity index (χ1v) is 5.57. The van der Waals surface area contributed by atoms with Crippen molar-refractivity contribution in [3.63, 3.8) is 0 Å². The van der Waals surface area contributed by atoms with Gasteiger partial charge < -0.3 is 27.0 Å². The number of aliphatic hydroxyl groups is 1. The minimum absolute atomic E-state index is 0.440. The van der Waals surface area contributed by atoms with E-state index >= 15 is 0 Å². The van der Waals surface area contributed by atoms with E-state index in [9.17, 15) is 14.7 Å². The predicted molar refractivity (Wildman–Crippen MR) is 62.1 cm³/mol. The zero-order valence-corrected chi connectivity index (χ0v) is 9.93. The number of hydrogen-bond acceptors (Lipinski definition) is 5. The number of aliphatic carboxylic acids is 1. The van der Waals surface area contributed by atoms with E-state index in [1.54, 1.807) is 0 Å². The lowest BCUT2D eigenvalue weighted by molar-refractivity contribution is -0.145. The normalized spacial score (nSPS) is 16.0. The molecule has 100 valence electrons. The van der Waals surface area contributed by atoms with Crippen molar-refractivity contribution < 1.29 is 19.8 Å². The second kappa shape index (κ2) is 7.99. The summed E-state index contributed by atoms with van der Waals surface area (Å²) in [4.78, 5) is 22.2. The first-order valence-electron chi connectivity index (χ1n) is 5.57. The monoisotopic (exact) mass is 247 g/mol. The van der Waals surface area contributed by atoms with E-state index in [2.05, 4.69) is 5.32 Å². The Morgan fingerprint density at radius 2 is 1.94 bits per heavy atom. The van der Waals surface area contributed by atoms with Gasteiger partial charge in [-0.2, -0.15) is 0 Å². The van der Waals surface area contributed by atoms with Gasteiger partial charge in [-0.05, 0) is 26.3 Å². The molecule has 0 heterocycles. The first-order chi connectivity index (χ1) is 7.90. The summed E-state index contributed by atoms with van der Waals surface area (Å²) in [5.74, 6) is -1.86. The second-order valence-corrected chi connectivity index (χ2v) is 3.96.